The Balaban J connectivity index is 1.66. The molecular weight excluding hydrogens is 398 g/mol. The van der Waals surface area contributed by atoms with Crippen LogP contribution in [0.2, 0.25) is 0 Å². The molecule has 7 heteroatoms. The predicted octanol–water partition coefficient (Wildman–Crippen LogP) is 5.12. The van der Waals surface area contributed by atoms with Gasteiger partial charge in [-0.25, -0.2) is 13.5 Å². The lowest BCUT2D eigenvalue weighted by molar-refractivity contribution is 0.222. The van der Waals surface area contributed by atoms with Crippen LogP contribution in [0.1, 0.15) is 28.8 Å². The lowest BCUT2D eigenvalue weighted by Crippen LogP contribution is -2.32. The third-order valence-corrected chi connectivity index (χ3v) is 5.67. The fourth-order valence-corrected chi connectivity index (χ4v) is 4.36. The molecule has 0 spiro atoms. The average molecular weight is 414 g/mol. The summed E-state index contributed by atoms with van der Waals surface area (Å²) in [5, 5.41) is 7.70. The molecule has 2 aliphatic heterocycles. The zero-order chi connectivity index (χ0) is 20.9. The van der Waals surface area contributed by atoms with E-state index in [0.29, 0.717) is 22.8 Å². The van der Waals surface area contributed by atoms with Crippen molar-refractivity contribution in [2.24, 2.45) is 0 Å². The SMILES string of the molecule is Fc1cccc([C@@H]2Oc3ccccc3C3=C2[C@H](c2ccccc2F)n2ncnc2N3)c1. The number of hydrogen-bond acceptors (Lipinski definition) is 4. The van der Waals surface area contributed by atoms with E-state index in [-0.39, 0.29) is 11.6 Å². The summed E-state index contributed by atoms with van der Waals surface area (Å²) in [6, 6.07) is 19.8. The maximum absolute atomic E-state index is 15.0. The van der Waals surface area contributed by atoms with Gasteiger partial charge in [0.25, 0.3) is 0 Å². The molecule has 4 aromatic rings. The fourth-order valence-electron chi connectivity index (χ4n) is 4.36. The molecule has 1 aromatic heterocycles. The Hall–Kier alpha value is -4.00. The summed E-state index contributed by atoms with van der Waals surface area (Å²) >= 11 is 0. The summed E-state index contributed by atoms with van der Waals surface area (Å²) in [5.74, 6) is 0.430. The van der Waals surface area contributed by atoms with Gasteiger partial charge >= 0.3 is 0 Å². The number of hydrogen-bond donors (Lipinski definition) is 1. The standard InChI is InChI=1S/C24H16F2N4O/c25-15-7-5-6-14(12-15)23-20-21(17-9-2-4-11-19(17)31-23)29-24-27-13-28-30(24)22(20)16-8-1-3-10-18(16)26/h1-13,22-23H,(H,27,28,29)/t22-,23-/m0/s1. The number of nitrogens with one attached hydrogen (secondary N) is 1. The van der Waals surface area contributed by atoms with Crippen LogP contribution in [-0.4, -0.2) is 14.8 Å². The van der Waals surface area contributed by atoms with E-state index in [9.17, 15) is 4.39 Å². The Morgan fingerprint density at radius 1 is 0.935 bits per heavy atom. The Labute approximate surface area is 176 Å². The molecule has 0 aliphatic carbocycles. The largest absolute Gasteiger partial charge is 0.480 e. The van der Waals surface area contributed by atoms with Gasteiger partial charge < -0.3 is 10.1 Å². The molecule has 0 bridgehead atoms. The first-order valence-electron chi connectivity index (χ1n) is 9.87. The summed E-state index contributed by atoms with van der Waals surface area (Å²) in [6.45, 7) is 0. The van der Waals surface area contributed by atoms with Crippen LogP contribution in [0.5, 0.6) is 5.75 Å². The number of fused-ring (bicyclic) bond motifs is 3. The minimum Gasteiger partial charge on any atom is -0.480 e. The van der Waals surface area contributed by atoms with Crippen molar-refractivity contribution >= 4 is 11.6 Å². The van der Waals surface area contributed by atoms with Crippen LogP contribution in [-0.2, 0) is 0 Å². The maximum Gasteiger partial charge on any atom is 0.226 e. The number of aromatic nitrogens is 3. The van der Waals surface area contributed by atoms with Crippen LogP contribution in [0.15, 0.2) is 84.7 Å². The number of benzene rings is 3. The van der Waals surface area contributed by atoms with Gasteiger partial charge in [0.05, 0.1) is 5.70 Å². The number of nitrogens with zero attached hydrogens (tertiary/aromatic N) is 3. The molecule has 0 fully saturated rings. The maximum atomic E-state index is 15.0. The number of para-hydroxylation sites is 1. The van der Waals surface area contributed by atoms with Crippen LogP contribution in [0.3, 0.4) is 0 Å². The quantitative estimate of drug-likeness (QED) is 0.495. The van der Waals surface area contributed by atoms with Gasteiger partial charge in [-0.1, -0.05) is 42.5 Å². The Bertz CT molecular complexity index is 1350. The van der Waals surface area contributed by atoms with Gasteiger partial charge in [-0.15, -0.1) is 0 Å². The highest BCUT2D eigenvalue weighted by molar-refractivity contribution is 5.85. The molecule has 1 N–H and O–H groups in total. The summed E-state index contributed by atoms with van der Waals surface area (Å²) in [6.07, 6.45) is 0.786. The smallest absolute Gasteiger partial charge is 0.226 e. The van der Waals surface area contributed by atoms with Crippen molar-refractivity contribution in [3.8, 4) is 5.75 Å². The summed E-state index contributed by atoms with van der Waals surface area (Å²) in [4.78, 5) is 4.32. The first kappa shape index (κ1) is 17.8. The van der Waals surface area contributed by atoms with E-state index in [1.165, 1.54) is 24.5 Å². The molecule has 0 saturated heterocycles. The van der Waals surface area contributed by atoms with Crippen molar-refractivity contribution in [3.05, 3.63) is 113 Å². The number of halogens is 2. The van der Waals surface area contributed by atoms with Gasteiger partial charge in [-0.3, -0.25) is 0 Å². The molecule has 0 unspecified atom stereocenters. The number of ether oxygens (including phenoxy) is 1. The molecule has 0 saturated carbocycles. The van der Waals surface area contributed by atoms with Crippen molar-refractivity contribution in [1.82, 2.24) is 14.8 Å². The van der Waals surface area contributed by atoms with Crippen molar-refractivity contribution in [2.75, 3.05) is 5.32 Å². The molecule has 31 heavy (non-hydrogen) atoms. The van der Waals surface area contributed by atoms with Gasteiger partial charge in [0.1, 0.15) is 35.9 Å². The van der Waals surface area contributed by atoms with Crippen LogP contribution >= 0.6 is 0 Å². The van der Waals surface area contributed by atoms with Crippen molar-refractivity contribution in [1.29, 1.82) is 0 Å². The molecular formula is C24H16F2N4O. The lowest BCUT2D eigenvalue weighted by atomic mass is 9.84. The van der Waals surface area contributed by atoms with Gasteiger partial charge in [0, 0.05) is 16.7 Å². The van der Waals surface area contributed by atoms with Crippen LogP contribution in [0.4, 0.5) is 14.7 Å². The summed E-state index contributed by atoms with van der Waals surface area (Å²) in [7, 11) is 0. The van der Waals surface area contributed by atoms with Crippen LogP contribution in [0.25, 0.3) is 5.70 Å². The van der Waals surface area contributed by atoms with Gasteiger partial charge in [-0.2, -0.15) is 10.1 Å². The molecule has 0 amide bonds. The third-order valence-electron chi connectivity index (χ3n) is 5.67. The van der Waals surface area contributed by atoms with Crippen molar-refractivity contribution < 1.29 is 13.5 Å². The monoisotopic (exact) mass is 414 g/mol. The molecule has 0 radical (unpaired) electrons. The van der Waals surface area contributed by atoms with Crippen LogP contribution < -0.4 is 10.1 Å². The van der Waals surface area contributed by atoms with Crippen LogP contribution in [0, 0.1) is 11.6 Å². The Kier molecular flexibility index (Phi) is 3.89. The summed E-state index contributed by atoms with van der Waals surface area (Å²) in [5.41, 5.74) is 3.42. The zero-order valence-corrected chi connectivity index (χ0v) is 16.2. The zero-order valence-electron chi connectivity index (χ0n) is 16.2. The van der Waals surface area contributed by atoms with E-state index in [2.05, 4.69) is 15.4 Å². The molecule has 6 rings (SSSR count). The summed E-state index contributed by atoms with van der Waals surface area (Å²) < 4.78 is 37.2. The Morgan fingerprint density at radius 3 is 2.65 bits per heavy atom. The van der Waals surface area contributed by atoms with E-state index in [4.69, 9.17) is 4.74 Å². The molecule has 3 heterocycles. The average Bonchev–Trinajstić information content (AvgIpc) is 3.26. The first-order chi connectivity index (χ1) is 15.2. The third kappa shape index (κ3) is 2.73. The Morgan fingerprint density at radius 2 is 1.77 bits per heavy atom. The minimum atomic E-state index is -0.643. The molecule has 2 aliphatic rings. The van der Waals surface area contributed by atoms with E-state index in [1.807, 2.05) is 30.3 Å². The second-order valence-electron chi connectivity index (χ2n) is 7.46. The predicted molar refractivity (Wildman–Crippen MR) is 111 cm³/mol. The normalized spacial score (nSPS) is 19.0. The first-order valence-corrected chi connectivity index (χ1v) is 9.87. The van der Waals surface area contributed by atoms with E-state index in [1.54, 1.807) is 28.9 Å². The van der Waals surface area contributed by atoms with Gasteiger partial charge in [0.2, 0.25) is 5.95 Å². The minimum absolute atomic E-state index is 0.362. The fraction of sp³-hybridized carbons (Fsp3) is 0.0833. The molecule has 5 nitrogen and oxygen atoms in total. The number of anilines is 1. The highest BCUT2D eigenvalue weighted by Gasteiger charge is 2.41. The van der Waals surface area contributed by atoms with E-state index < -0.39 is 12.1 Å². The molecule has 3 aromatic carbocycles. The van der Waals surface area contributed by atoms with E-state index in [0.717, 1.165) is 16.8 Å². The molecule has 2 atom stereocenters. The van der Waals surface area contributed by atoms with Gasteiger partial charge in [0.15, 0.2) is 0 Å². The highest BCUT2D eigenvalue weighted by Crippen LogP contribution is 2.50. The van der Waals surface area contributed by atoms with Gasteiger partial charge in [-0.05, 0) is 35.9 Å². The van der Waals surface area contributed by atoms with E-state index >= 15 is 4.39 Å². The number of rotatable bonds is 2. The molecule has 152 valence electrons. The highest BCUT2D eigenvalue weighted by atomic mass is 19.1. The second-order valence-corrected chi connectivity index (χ2v) is 7.46. The van der Waals surface area contributed by atoms with Crippen molar-refractivity contribution in [3.63, 3.8) is 0 Å². The topological polar surface area (TPSA) is 52.0 Å². The second kappa shape index (κ2) is 6.77. The lowest BCUT2D eigenvalue weighted by Gasteiger charge is -2.39. The van der Waals surface area contributed by atoms with Crippen molar-refractivity contribution in [2.45, 2.75) is 12.1 Å².